The van der Waals surface area contributed by atoms with Crippen LogP contribution in [0.5, 0.6) is 0 Å². The first-order valence-electron chi connectivity index (χ1n) is 5.99. The van der Waals surface area contributed by atoms with E-state index in [2.05, 4.69) is 25.9 Å². The van der Waals surface area contributed by atoms with Crippen molar-refractivity contribution < 1.29 is 4.79 Å². The zero-order valence-electron chi connectivity index (χ0n) is 11.0. The van der Waals surface area contributed by atoms with E-state index in [0.29, 0.717) is 18.7 Å². The van der Waals surface area contributed by atoms with Crippen LogP contribution in [0, 0.1) is 0 Å². The van der Waals surface area contributed by atoms with Crippen LogP contribution in [0.1, 0.15) is 15.4 Å². The first-order chi connectivity index (χ1) is 9.08. The summed E-state index contributed by atoms with van der Waals surface area (Å²) in [6.07, 6.45) is 2.13. The van der Waals surface area contributed by atoms with Crippen molar-refractivity contribution in [2.24, 2.45) is 0 Å². The number of carbonyl (C=O) groups excluding carboxylic acids is 1. The van der Waals surface area contributed by atoms with Crippen molar-refractivity contribution in [1.29, 1.82) is 0 Å². The number of ketones is 1. The molecule has 0 saturated heterocycles. The maximum atomic E-state index is 12.4. The largest absolute Gasteiger partial charge is 0.308 e. The van der Waals surface area contributed by atoms with Crippen molar-refractivity contribution in [3.05, 3.63) is 38.8 Å². The molecule has 0 aliphatic carbocycles. The lowest BCUT2D eigenvalue weighted by Crippen LogP contribution is -2.22. The highest BCUT2D eigenvalue weighted by atomic mass is 79.9. The number of nitrogens with zero attached hydrogens (tertiary/aromatic N) is 3. The molecule has 4 nitrogen and oxygen atoms in total. The molecule has 2 aromatic rings. The van der Waals surface area contributed by atoms with Crippen LogP contribution in [-0.4, -0.2) is 41.1 Å². The first kappa shape index (κ1) is 14.4. The van der Waals surface area contributed by atoms with E-state index in [9.17, 15) is 4.79 Å². The minimum Gasteiger partial charge on any atom is -0.308 e. The number of Topliss-reactive ketones (excluding diaryl/α,β-unsaturated/α-hetero) is 1. The van der Waals surface area contributed by atoms with Gasteiger partial charge in [-0.1, -0.05) is 6.07 Å². The molecule has 0 aromatic carbocycles. The van der Waals surface area contributed by atoms with Gasteiger partial charge in [0.15, 0.2) is 5.78 Å². The van der Waals surface area contributed by atoms with Gasteiger partial charge in [0.25, 0.3) is 0 Å². The number of halogens is 1. The van der Waals surface area contributed by atoms with Gasteiger partial charge in [0.05, 0.1) is 17.2 Å². The Labute approximate surface area is 125 Å². The predicted molar refractivity (Wildman–Crippen MR) is 80.8 cm³/mol. The number of likely N-dealkylation sites (N-methyl/N-ethyl adjacent to an activating group) is 1. The zero-order chi connectivity index (χ0) is 13.8. The maximum absolute atomic E-state index is 12.4. The number of thiophene rings is 1. The average molecular weight is 342 g/mol. The second kappa shape index (κ2) is 6.45. The van der Waals surface area contributed by atoms with Gasteiger partial charge in [-0.05, 0) is 41.5 Å². The molecular formula is C13H16BrN3OS. The SMILES string of the molecule is CN(C)CCn1ncc(Br)c1C(=O)Cc1cccs1. The van der Waals surface area contributed by atoms with E-state index in [1.165, 1.54) is 0 Å². The molecule has 2 rings (SSSR count). The van der Waals surface area contributed by atoms with Gasteiger partial charge in [-0.15, -0.1) is 11.3 Å². The summed E-state index contributed by atoms with van der Waals surface area (Å²) in [4.78, 5) is 15.5. The Morgan fingerprint density at radius 1 is 1.53 bits per heavy atom. The normalized spacial score (nSPS) is 11.2. The summed E-state index contributed by atoms with van der Waals surface area (Å²) >= 11 is 5.02. The van der Waals surface area contributed by atoms with Gasteiger partial charge < -0.3 is 4.90 Å². The van der Waals surface area contributed by atoms with Crippen molar-refractivity contribution in [3.8, 4) is 0 Å². The lowest BCUT2D eigenvalue weighted by molar-refractivity contribution is 0.0982. The molecule has 102 valence electrons. The molecule has 0 unspecified atom stereocenters. The minimum absolute atomic E-state index is 0.102. The van der Waals surface area contributed by atoms with E-state index in [1.54, 1.807) is 22.2 Å². The van der Waals surface area contributed by atoms with E-state index < -0.39 is 0 Å². The first-order valence-corrected chi connectivity index (χ1v) is 7.67. The molecule has 0 saturated carbocycles. The summed E-state index contributed by atoms with van der Waals surface area (Å²) in [5.74, 6) is 0.102. The quantitative estimate of drug-likeness (QED) is 0.758. The fraction of sp³-hybridized carbons (Fsp3) is 0.385. The summed E-state index contributed by atoms with van der Waals surface area (Å²) in [5.41, 5.74) is 0.662. The van der Waals surface area contributed by atoms with Crippen molar-refractivity contribution >= 4 is 33.0 Å². The molecule has 0 radical (unpaired) electrons. The third-order valence-corrected chi connectivity index (χ3v) is 4.19. The van der Waals surface area contributed by atoms with E-state index in [0.717, 1.165) is 15.9 Å². The zero-order valence-corrected chi connectivity index (χ0v) is 13.4. The second-order valence-corrected chi connectivity index (χ2v) is 6.43. The predicted octanol–water partition coefficient (Wildman–Crippen LogP) is 2.69. The van der Waals surface area contributed by atoms with E-state index in [4.69, 9.17) is 0 Å². The highest BCUT2D eigenvalue weighted by Gasteiger charge is 2.17. The lowest BCUT2D eigenvalue weighted by atomic mass is 10.2. The number of aromatic nitrogens is 2. The summed E-state index contributed by atoms with van der Waals surface area (Å²) in [6.45, 7) is 1.57. The number of rotatable bonds is 6. The number of carbonyl (C=O) groups is 1. The third-order valence-electron chi connectivity index (χ3n) is 2.73. The summed E-state index contributed by atoms with van der Waals surface area (Å²) in [5, 5.41) is 6.25. The van der Waals surface area contributed by atoms with Gasteiger partial charge in [0.1, 0.15) is 5.69 Å². The Morgan fingerprint density at radius 2 is 2.32 bits per heavy atom. The maximum Gasteiger partial charge on any atom is 0.187 e. The van der Waals surface area contributed by atoms with Gasteiger partial charge >= 0.3 is 0 Å². The summed E-state index contributed by atoms with van der Waals surface area (Å²) in [7, 11) is 4.01. The number of hydrogen-bond donors (Lipinski definition) is 0. The fourth-order valence-electron chi connectivity index (χ4n) is 1.76. The topological polar surface area (TPSA) is 38.1 Å². The van der Waals surface area contributed by atoms with Crippen molar-refractivity contribution in [2.45, 2.75) is 13.0 Å². The van der Waals surface area contributed by atoms with Gasteiger partial charge in [-0.25, -0.2) is 0 Å². The van der Waals surface area contributed by atoms with Crippen LogP contribution in [0.2, 0.25) is 0 Å². The Hall–Kier alpha value is -0.980. The van der Waals surface area contributed by atoms with Crippen LogP contribution in [0.25, 0.3) is 0 Å². The van der Waals surface area contributed by atoms with E-state index in [1.807, 2.05) is 31.6 Å². The van der Waals surface area contributed by atoms with Crippen LogP contribution in [0.4, 0.5) is 0 Å². The third kappa shape index (κ3) is 3.75. The van der Waals surface area contributed by atoms with Gasteiger partial charge in [0.2, 0.25) is 0 Å². The Bertz CT molecular complexity index is 548. The molecule has 0 atom stereocenters. The molecule has 2 heterocycles. The van der Waals surface area contributed by atoms with Crippen molar-refractivity contribution in [3.63, 3.8) is 0 Å². The van der Waals surface area contributed by atoms with Crippen molar-refractivity contribution in [1.82, 2.24) is 14.7 Å². The summed E-state index contributed by atoms with van der Waals surface area (Å²) < 4.78 is 2.55. The molecule has 6 heteroatoms. The molecule has 0 N–H and O–H groups in total. The van der Waals surface area contributed by atoms with Crippen LogP contribution < -0.4 is 0 Å². The Balaban J connectivity index is 2.14. The molecule has 0 fully saturated rings. The van der Waals surface area contributed by atoms with Crippen LogP contribution in [-0.2, 0) is 13.0 Å². The monoisotopic (exact) mass is 341 g/mol. The van der Waals surface area contributed by atoms with Crippen LogP contribution >= 0.6 is 27.3 Å². The molecule has 0 amide bonds. The Morgan fingerprint density at radius 3 is 2.95 bits per heavy atom. The standard InChI is InChI=1S/C13H16BrN3OS/c1-16(2)5-6-17-13(11(14)9-15-17)12(18)8-10-4-3-7-19-10/h3-4,7,9H,5-6,8H2,1-2H3. The highest BCUT2D eigenvalue weighted by molar-refractivity contribution is 9.10. The summed E-state index contributed by atoms with van der Waals surface area (Å²) in [6, 6.07) is 3.95. The molecule has 0 aliphatic heterocycles. The van der Waals surface area contributed by atoms with Gasteiger partial charge in [-0.3, -0.25) is 9.48 Å². The molecular weight excluding hydrogens is 326 g/mol. The van der Waals surface area contributed by atoms with Gasteiger partial charge in [0, 0.05) is 17.8 Å². The average Bonchev–Trinajstić information content (AvgIpc) is 2.96. The Kier molecular flexibility index (Phi) is 4.90. The second-order valence-electron chi connectivity index (χ2n) is 4.55. The minimum atomic E-state index is 0.102. The highest BCUT2D eigenvalue weighted by Crippen LogP contribution is 2.20. The van der Waals surface area contributed by atoms with E-state index in [-0.39, 0.29) is 5.78 Å². The van der Waals surface area contributed by atoms with Crippen LogP contribution in [0.15, 0.2) is 28.2 Å². The molecule has 0 aliphatic rings. The molecule has 0 spiro atoms. The molecule has 0 bridgehead atoms. The lowest BCUT2D eigenvalue weighted by Gasteiger charge is -2.11. The number of hydrogen-bond acceptors (Lipinski definition) is 4. The van der Waals surface area contributed by atoms with Crippen molar-refractivity contribution in [2.75, 3.05) is 20.6 Å². The molecule has 2 aromatic heterocycles. The van der Waals surface area contributed by atoms with Gasteiger partial charge in [-0.2, -0.15) is 5.10 Å². The fourth-order valence-corrected chi connectivity index (χ4v) is 2.98. The van der Waals surface area contributed by atoms with E-state index >= 15 is 0 Å². The smallest absolute Gasteiger partial charge is 0.187 e. The molecule has 19 heavy (non-hydrogen) atoms. The van der Waals surface area contributed by atoms with Crippen LogP contribution in [0.3, 0.4) is 0 Å².